The summed E-state index contributed by atoms with van der Waals surface area (Å²) in [6.45, 7) is 5.26. The van der Waals surface area contributed by atoms with Crippen molar-refractivity contribution in [3.8, 4) is 0 Å². The van der Waals surface area contributed by atoms with Gasteiger partial charge in [0.1, 0.15) is 11.6 Å². The van der Waals surface area contributed by atoms with E-state index in [2.05, 4.69) is 0 Å². The summed E-state index contributed by atoms with van der Waals surface area (Å²) in [6.07, 6.45) is 0.205. The Hall–Kier alpha value is -1.95. The van der Waals surface area contributed by atoms with Crippen LogP contribution in [0.5, 0.6) is 0 Å². The third-order valence-electron chi connectivity index (χ3n) is 2.29. The molecule has 19 heavy (non-hydrogen) atoms. The number of nitrogens with zero attached hydrogens (tertiary/aromatic N) is 1. The van der Waals surface area contributed by atoms with Gasteiger partial charge in [0.25, 0.3) is 5.69 Å². The Kier molecular flexibility index (Phi) is 4.61. The van der Waals surface area contributed by atoms with Gasteiger partial charge in [-0.2, -0.15) is 0 Å². The molecular formula is C13H18N2O4. The van der Waals surface area contributed by atoms with E-state index in [-0.39, 0.29) is 12.1 Å². The third kappa shape index (κ3) is 5.05. The molecule has 0 unspecified atom stereocenters. The first-order valence-electron chi connectivity index (χ1n) is 5.91. The van der Waals surface area contributed by atoms with Gasteiger partial charge in [-0.25, -0.2) is 0 Å². The Morgan fingerprint density at radius 3 is 2.63 bits per heavy atom. The molecule has 0 saturated heterocycles. The van der Waals surface area contributed by atoms with Crippen molar-refractivity contribution in [2.45, 2.75) is 38.8 Å². The molecule has 0 heterocycles. The molecule has 6 nitrogen and oxygen atoms in total. The predicted octanol–water partition coefficient (Wildman–Crippen LogP) is 1.81. The van der Waals surface area contributed by atoms with E-state index in [1.807, 2.05) is 0 Å². The highest BCUT2D eigenvalue weighted by molar-refractivity contribution is 5.76. The molecule has 0 aromatic heterocycles. The summed E-state index contributed by atoms with van der Waals surface area (Å²) < 4.78 is 5.15. The fraction of sp³-hybridized carbons (Fsp3) is 0.462. The van der Waals surface area contributed by atoms with Crippen LogP contribution in [0.4, 0.5) is 5.69 Å². The minimum atomic E-state index is -0.832. The van der Waals surface area contributed by atoms with Gasteiger partial charge in [0, 0.05) is 12.1 Å². The van der Waals surface area contributed by atoms with E-state index in [1.54, 1.807) is 32.9 Å². The second kappa shape index (κ2) is 5.79. The summed E-state index contributed by atoms with van der Waals surface area (Å²) >= 11 is 0. The van der Waals surface area contributed by atoms with Crippen LogP contribution in [0.15, 0.2) is 24.3 Å². The number of carbonyl (C=O) groups is 1. The number of benzene rings is 1. The minimum Gasteiger partial charge on any atom is -0.459 e. The maximum Gasteiger partial charge on any atom is 0.323 e. The van der Waals surface area contributed by atoms with Crippen molar-refractivity contribution < 1.29 is 14.5 Å². The molecule has 1 rings (SSSR count). The number of hydrogen-bond donors (Lipinski definition) is 1. The smallest absolute Gasteiger partial charge is 0.323 e. The van der Waals surface area contributed by atoms with Gasteiger partial charge in [-0.1, -0.05) is 12.1 Å². The van der Waals surface area contributed by atoms with Gasteiger partial charge in [-0.15, -0.1) is 0 Å². The summed E-state index contributed by atoms with van der Waals surface area (Å²) in [5.41, 5.74) is 5.75. The average molecular weight is 266 g/mol. The first-order valence-corrected chi connectivity index (χ1v) is 5.91. The van der Waals surface area contributed by atoms with Crippen LogP contribution in [-0.4, -0.2) is 22.5 Å². The molecule has 6 heteroatoms. The van der Waals surface area contributed by atoms with Crippen molar-refractivity contribution in [2.24, 2.45) is 5.73 Å². The lowest BCUT2D eigenvalue weighted by atomic mass is 10.1. The van der Waals surface area contributed by atoms with Gasteiger partial charge in [0.2, 0.25) is 0 Å². The molecule has 0 bridgehead atoms. The molecule has 0 aliphatic rings. The van der Waals surface area contributed by atoms with Crippen LogP contribution in [0.1, 0.15) is 26.3 Å². The van der Waals surface area contributed by atoms with E-state index in [1.165, 1.54) is 12.1 Å². The van der Waals surface area contributed by atoms with E-state index >= 15 is 0 Å². The number of nitro groups is 1. The third-order valence-corrected chi connectivity index (χ3v) is 2.29. The second-order valence-corrected chi connectivity index (χ2v) is 5.27. The zero-order valence-electron chi connectivity index (χ0n) is 11.3. The van der Waals surface area contributed by atoms with Crippen LogP contribution in [0.25, 0.3) is 0 Å². The molecule has 1 atom stereocenters. The summed E-state index contributed by atoms with van der Waals surface area (Å²) in [7, 11) is 0. The molecule has 0 aliphatic heterocycles. The zero-order chi connectivity index (χ0) is 14.6. The molecule has 104 valence electrons. The maximum absolute atomic E-state index is 11.7. The number of ether oxygens (including phenoxy) is 1. The quantitative estimate of drug-likeness (QED) is 0.509. The van der Waals surface area contributed by atoms with E-state index < -0.39 is 22.5 Å². The molecule has 1 aromatic rings. The maximum atomic E-state index is 11.7. The second-order valence-electron chi connectivity index (χ2n) is 5.27. The molecule has 0 amide bonds. The zero-order valence-corrected chi connectivity index (χ0v) is 11.3. The number of nitrogens with two attached hydrogens (primary N) is 1. The number of non-ortho nitro benzene ring substituents is 1. The van der Waals surface area contributed by atoms with Crippen molar-refractivity contribution in [3.05, 3.63) is 39.9 Å². The minimum absolute atomic E-state index is 0.0195. The SMILES string of the molecule is CC(C)(C)OC(=O)[C@@H](N)Cc1cccc([N+](=O)[O-])c1. The molecule has 2 N–H and O–H groups in total. The summed E-state index contributed by atoms with van der Waals surface area (Å²) in [6, 6.07) is 5.22. The normalized spacial score (nSPS) is 12.8. The van der Waals surface area contributed by atoms with Gasteiger partial charge in [-0.3, -0.25) is 14.9 Å². The van der Waals surface area contributed by atoms with E-state index in [9.17, 15) is 14.9 Å². The van der Waals surface area contributed by atoms with Crippen LogP contribution < -0.4 is 5.73 Å². The van der Waals surface area contributed by atoms with E-state index in [0.29, 0.717) is 5.56 Å². The Bertz CT molecular complexity index is 480. The van der Waals surface area contributed by atoms with Crippen molar-refractivity contribution in [1.29, 1.82) is 0 Å². The molecule has 0 radical (unpaired) electrons. The molecule has 0 aliphatic carbocycles. The van der Waals surface area contributed by atoms with Crippen molar-refractivity contribution in [1.82, 2.24) is 0 Å². The average Bonchev–Trinajstić information content (AvgIpc) is 2.27. The van der Waals surface area contributed by atoms with Gasteiger partial charge in [-0.05, 0) is 32.8 Å². The summed E-state index contributed by atoms with van der Waals surface area (Å²) in [5.74, 6) is -0.515. The first-order chi connectivity index (χ1) is 8.69. The fourth-order valence-corrected chi connectivity index (χ4v) is 1.51. The lowest BCUT2D eigenvalue weighted by molar-refractivity contribution is -0.384. The van der Waals surface area contributed by atoms with Crippen molar-refractivity contribution >= 4 is 11.7 Å². The topological polar surface area (TPSA) is 95.5 Å². The number of esters is 1. The molecule has 1 aromatic carbocycles. The molecule has 0 fully saturated rings. The van der Waals surface area contributed by atoms with Crippen LogP contribution in [0, 0.1) is 10.1 Å². The van der Waals surface area contributed by atoms with E-state index in [4.69, 9.17) is 10.5 Å². The standard InChI is InChI=1S/C13H18N2O4/c1-13(2,3)19-12(16)11(14)8-9-5-4-6-10(7-9)15(17)18/h4-7,11H,8,14H2,1-3H3/t11-/m0/s1. The lowest BCUT2D eigenvalue weighted by Gasteiger charge is -2.22. The molecule has 0 saturated carbocycles. The summed E-state index contributed by atoms with van der Waals surface area (Å²) in [4.78, 5) is 21.9. The summed E-state index contributed by atoms with van der Waals surface area (Å²) in [5, 5.41) is 10.6. The Balaban J connectivity index is 2.71. The van der Waals surface area contributed by atoms with Gasteiger partial charge in [0.05, 0.1) is 4.92 Å². The number of nitro benzene ring substituents is 1. The Morgan fingerprint density at radius 2 is 2.11 bits per heavy atom. The molecular weight excluding hydrogens is 248 g/mol. The van der Waals surface area contributed by atoms with Crippen molar-refractivity contribution in [2.75, 3.05) is 0 Å². The van der Waals surface area contributed by atoms with Crippen LogP contribution in [0.3, 0.4) is 0 Å². The lowest BCUT2D eigenvalue weighted by Crippen LogP contribution is -2.38. The van der Waals surface area contributed by atoms with Gasteiger partial charge >= 0.3 is 5.97 Å². The van der Waals surface area contributed by atoms with E-state index in [0.717, 1.165) is 0 Å². The fourth-order valence-electron chi connectivity index (χ4n) is 1.51. The number of rotatable bonds is 4. The van der Waals surface area contributed by atoms with Gasteiger partial charge in [0.15, 0.2) is 0 Å². The number of hydrogen-bond acceptors (Lipinski definition) is 5. The van der Waals surface area contributed by atoms with Gasteiger partial charge < -0.3 is 10.5 Å². The van der Waals surface area contributed by atoms with Crippen LogP contribution in [0.2, 0.25) is 0 Å². The first kappa shape index (κ1) is 15.1. The molecule has 0 spiro atoms. The van der Waals surface area contributed by atoms with Crippen molar-refractivity contribution in [3.63, 3.8) is 0 Å². The number of carbonyl (C=O) groups excluding carboxylic acids is 1. The monoisotopic (exact) mass is 266 g/mol. The highest BCUT2D eigenvalue weighted by atomic mass is 16.6. The highest BCUT2D eigenvalue weighted by Crippen LogP contribution is 2.15. The Labute approximate surface area is 111 Å². The van der Waals surface area contributed by atoms with Crippen LogP contribution in [-0.2, 0) is 16.0 Å². The van der Waals surface area contributed by atoms with Crippen LogP contribution >= 0.6 is 0 Å². The highest BCUT2D eigenvalue weighted by Gasteiger charge is 2.22. The Morgan fingerprint density at radius 1 is 1.47 bits per heavy atom. The predicted molar refractivity (Wildman–Crippen MR) is 70.6 cm³/mol. The largest absolute Gasteiger partial charge is 0.459 e.